The molecule has 0 spiro atoms. The van der Waals surface area contributed by atoms with E-state index >= 15 is 0 Å². The lowest BCUT2D eigenvalue weighted by atomic mass is 10.2. The van der Waals surface area contributed by atoms with Crippen molar-refractivity contribution < 1.29 is 0 Å². The van der Waals surface area contributed by atoms with Crippen LogP contribution < -0.4 is 0 Å². The van der Waals surface area contributed by atoms with Crippen LogP contribution in [0.25, 0.3) is 10.4 Å². The van der Waals surface area contributed by atoms with Crippen molar-refractivity contribution in [2.75, 3.05) is 0 Å². The molecular weight excluding hydrogens is 211 g/mol. The minimum absolute atomic E-state index is 0.180. The molecular formula is C7H2Cl2N4. The van der Waals surface area contributed by atoms with E-state index < -0.39 is 0 Å². The van der Waals surface area contributed by atoms with Crippen molar-refractivity contribution in [1.29, 1.82) is 5.26 Å². The van der Waals surface area contributed by atoms with Crippen molar-refractivity contribution in [3.05, 3.63) is 38.2 Å². The third-order valence-electron chi connectivity index (χ3n) is 1.31. The number of rotatable bonds is 1. The summed E-state index contributed by atoms with van der Waals surface area (Å²) in [6.45, 7) is 0. The highest BCUT2D eigenvalue weighted by Gasteiger charge is 2.04. The van der Waals surface area contributed by atoms with Crippen LogP contribution in [0, 0.1) is 11.3 Å². The highest BCUT2D eigenvalue weighted by Crippen LogP contribution is 2.30. The number of nitrogens with zero attached hydrogens (tertiary/aromatic N) is 4. The van der Waals surface area contributed by atoms with Gasteiger partial charge in [-0.1, -0.05) is 28.3 Å². The molecule has 13 heavy (non-hydrogen) atoms. The maximum absolute atomic E-state index is 8.63. The fourth-order valence-corrected chi connectivity index (χ4v) is 1.08. The van der Waals surface area contributed by atoms with Crippen molar-refractivity contribution in [1.82, 2.24) is 0 Å². The van der Waals surface area contributed by atoms with E-state index in [1.807, 2.05) is 6.07 Å². The average molecular weight is 213 g/mol. The van der Waals surface area contributed by atoms with E-state index in [4.69, 9.17) is 34.0 Å². The molecule has 1 aromatic rings. The molecule has 0 radical (unpaired) electrons. The van der Waals surface area contributed by atoms with Crippen molar-refractivity contribution in [3.63, 3.8) is 0 Å². The van der Waals surface area contributed by atoms with Crippen LogP contribution in [0.5, 0.6) is 0 Å². The van der Waals surface area contributed by atoms with Gasteiger partial charge in [0.2, 0.25) is 0 Å². The first kappa shape index (κ1) is 9.69. The Bertz CT molecular complexity index is 429. The summed E-state index contributed by atoms with van der Waals surface area (Å²) in [4.78, 5) is 2.56. The third-order valence-corrected chi connectivity index (χ3v) is 2.03. The molecule has 0 atom stereocenters. The van der Waals surface area contributed by atoms with Crippen LogP contribution >= 0.6 is 23.2 Å². The van der Waals surface area contributed by atoms with Gasteiger partial charge in [0.25, 0.3) is 0 Å². The van der Waals surface area contributed by atoms with Crippen LogP contribution in [0.2, 0.25) is 10.0 Å². The van der Waals surface area contributed by atoms with Crippen molar-refractivity contribution in [2.24, 2.45) is 5.11 Å². The summed E-state index contributed by atoms with van der Waals surface area (Å²) >= 11 is 11.3. The smallest absolute Gasteiger partial charge is 0.0997 e. The van der Waals surface area contributed by atoms with E-state index in [1.165, 1.54) is 12.1 Å². The van der Waals surface area contributed by atoms with Crippen molar-refractivity contribution in [3.8, 4) is 6.07 Å². The molecule has 0 saturated carbocycles. The fourth-order valence-electron chi connectivity index (χ4n) is 0.757. The zero-order chi connectivity index (χ0) is 9.84. The summed E-state index contributed by atoms with van der Waals surface area (Å²) in [5, 5.41) is 12.4. The first-order valence-corrected chi connectivity index (χ1v) is 3.89. The van der Waals surface area contributed by atoms with E-state index in [0.29, 0.717) is 0 Å². The molecule has 0 aliphatic carbocycles. The topological polar surface area (TPSA) is 72.5 Å². The van der Waals surface area contributed by atoms with Gasteiger partial charge < -0.3 is 0 Å². The summed E-state index contributed by atoms with van der Waals surface area (Å²) in [5.41, 5.74) is 8.55. The number of hydrogen-bond donors (Lipinski definition) is 0. The maximum atomic E-state index is 8.63. The molecule has 0 aliphatic heterocycles. The Labute approximate surface area is 83.9 Å². The minimum atomic E-state index is 0.180. The summed E-state index contributed by atoms with van der Waals surface area (Å²) in [5.74, 6) is 0. The van der Waals surface area contributed by atoms with Crippen LogP contribution in [0.1, 0.15) is 5.56 Å². The van der Waals surface area contributed by atoms with Gasteiger partial charge in [-0.25, -0.2) is 0 Å². The second-order valence-electron chi connectivity index (χ2n) is 2.08. The number of azide groups is 1. The first-order chi connectivity index (χ1) is 6.19. The van der Waals surface area contributed by atoms with Crippen LogP contribution in [-0.2, 0) is 0 Å². The Morgan fingerprint density at radius 3 is 2.54 bits per heavy atom. The van der Waals surface area contributed by atoms with Crippen LogP contribution in [-0.4, -0.2) is 0 Å². The highest BCUT2D eigenvalue weighted by atomic mass is 35.5. The number of benzene rings is 1. The molecule has 0 fully saturated rings. The normalized spacial score (nSPS) is 8.69. The van der Waals surface area contributed by atoms with Gasteiger partial charge in [0.05, 0.1) is 27.4 Å². The van der Waals surface area contributed by atoms with Gasteiger partial charge in [0, 0.05) is 4.91 Å². The van der Waals surface area contributed by atoms with Crippen LogP contribution in [0.4, 0.5) is 5.69 Å². The molecule has 0 unspecified atom stereocenters. The van der Waals surface area contributed by atoms with Gasteiger partial charge in [-0.2, -0.15) is 5.26 Å². The second kappa shape index (κ2) is 4.01. The molecule has 0 aromatic heterocycles. The van der Waals surface area contributed by atoms with Crippen LogP contribution in [0.15, 0.2) is 17.2 Å². The standard InChI is InChI=1S/C7H2Cl2N4/c8-5-1-4(3-10)7(12-13-11)2-6(5)9/h1-2H. The molecule has 0 aliphatic rings. The molecule has 1 aromatic carbocycles. The maximum Gasteiger partial charge on any atom is 0.0997 e. The Balaban J connectivity index is 3.43. The van der Waals surface area contributed by atoms with Gasteiger partial charge in [-0.3, -0.25) is 0 Å². The van der Waals surface area contributed by atoms with E-state index in [0.717, 1.165) is 0 Å². The van der Waals surface area contributed by atoms with E-state index in [9.17, 15) is 0 Å². The molecule has 0 amide bonds. The molecule has 1 rings (SSSR count). The summed E-state index contributed by atoms with van der Waals surface area (Å²) in [6, 6.07) is 4.54. The zero-order valence-electron chi connectivity index (χ0n) is 6.20. The summed E-state index contributed by atoms with van der Waals surface area (Å²) in [7, 11) is 0. The minimum Gasteiger partial charge on any atom is -0.192 e. The van der Waals surface area contributed by atoms with E-state index in [2.05, 4.69) is 10.0 Å². The SMILES string of the molecule is N#Cc1cc(Cl)c(Cl)cc1N=[N+]=[N-]. The second-order valence-corrected chi connectivity index (χ2v) is 2.90. The van der Waals surface area contributed by atoms with Gasteiger partial charge >= 0.3 is 0 Å². The average Bonchev–Trinajstić information content (AvgIpc) is 2.11. The lowest BCUT2D eigenvalue weighted by molar-refractivity contribution is 1.42. The zero-order valence-corrected chi connectivity index (χ0v) is 7.71. The number of halogens is 2. The quantitative estimate of drug-likeness (QED) is 0.397. The van der Waals surface area contributed by atoms with Crippen LogP contribution in [0.3, 0.4) is 0 Å². The molecule has 0 N–H and O–H groups in total. The number of nitriles is 1. The highest BCUT2D eigenvalue weighted by molar-refractivity contribution is 6.42. The van der Waals surface area contributed by atoms with Crippen molar-refractivity contribution >= 4 is 28.9 Å². The van der Waals surface area contributed by atoms with Gasteiger partial charge in [-0.05, 0) is 17.7 Å². The Hall–Kier alpha value is -1.40. The fraction of sp³-hybridized carbons (Fsp3) is 0. The molecule has 0 saturated heterocycles. The van der Waals surface area contributed by atoms with Crippen molar-refractivity contribution in [2.45, 2.75) is 0 Å². The third kappa shape index (κ3) is 2.04. The van der Waals surface area contributed by atoms with E-state index in [-0.39, 0.29) is 21.3 Å². The monoisotopic (exact) mass is 212 g/mol. The summed E-state index contributed by atoms with van der Waals surface area (Å²) < 4.78 is 0. The molecule has 6 heteroatoms. The molecule has 0 bridgehead atoms. The van der Waals surface area contributed by atoms with Gasteiger partial charge in [0.1, 0.15) is 0 Å². The summed E-state index contributed by atoms with van der Waals surface area (Å²) in [6.07, 6.45) is 0. The number of hydrogen-bond acceptors (Lipinski definition) is 2. The lowest BCUT2D eigenvalue weighted by Gasteiger charge is -1.98. The Morgan fingerprint density at radius 1 is 1.38 bits per heavy atom. The molecule has 0 heterocycles. The largest absolute Gasteiger partial charge is 0.192 e. The first-order valence-electron chi connectivity index (χ1n) is 3.13. The van der Waals surface area contributed by atoms with Gasteiger partial charge in [-0.15, -0.1) is 0 Å². The Kier molecular flexibility index (Phi) is 2.99. The van der Waals surface area contributed by atoms with E-state index in [1.54, 1.807) is 0 Å². The molecule has 4 nitrogen and oxygen atoms in total. The molecule has 64 valence electrons. The predicted octanol–water partition coefficient (Wildman–Crippen LogP) is 3.81. The lowest BCUT2D eigenvalue weighted by Crippen LogP contribution is -1.77. The Morgan fingerprint density at radius 2 is 2.00 bits per heavy atom. The predicted molar refractivity (Wildman–Crippen MR) is 50.0 cm³/mol. The van der Waals surface area contributed by atoms with Gasteiger partial charge in [0.15, 0.2) is 0 Å².